The summed E-state index contributed by atoms with van der Waals surface area (Å²) in [5, 5.41) is 9.82. The van der Waals surface area contributed by atoms with Gasteiger partial charge in [0.25, 0.3) is 0 Å². The van der Waals surface area contributed by atoms with E-state index in [9.17, 15) is 4.79 Å². The number of para-hydroxylation sites is 2. The highest BCUT2D eigenvalue weighted by Crippen LogP contribution is 2.33. The van der Waals surface area contributed by atoms with Gasteiger partial charge in [-0.2, -0.15) is 0 Å². The van der Waals surface area contributed by atoms with Gasteiger partial charge < -0.3 is 5.11 Å². The van der Waals surface area contributed by atoms with Crippen LogP contribution in [0.4, 0.5) is 0 Å². The quantitative estimate of drug-likeness (QED) is 0.796. The van der Waals surface area contributed by atoms with E-state index < -0.39 is 5.97 Å². The van der Waals surface area contributed by atoms with E-state index in [1.807, 2.05) is 31.2 Å². The third-order valence-corrected chi connectivity index (χ3v) is 5.14. The van der Waals surface area contributed by atoms with Crippen LogP contribution in [0.25, 0.3) is 11.0 Å². The summed E-state index contributed by atoms with van der Waals surface area (Å²) in [5.41, 5.74) is 3.00. The van der Waals surface area contributed by atoms with Gasteiger partial charge in [0.05, 0.1) is 22.4 Å². The van der Waals surface area contributed by atoms with Gasteiger partial charge in [-0.25, -0.2) is 19.7 Å². The van der Waals surface area contributed by atoms with Crippen molar-refractivity contribution in [3.8, 4) is 0 Å². The van der Waals surface area contributed by atoms with Crippen LogP contribution in [-0.4, -0.2) is 26.0 Å². The topological polar surface area (TPSA) is 76.0 Å². The van der Waals surface area contributed by atoms with E-state index in [0.29, 0.717) is 10.0 Å². The second-order valence-corrected chi connectivity index (χ2v) is 6.64. The van der Waals surface area contributed by atoms with Crippen LogP contribution in [0.3, 0.4) is 0 Å². The first-order valence-electron chi connectivity index (χ1n) is 6.16. The lowest BCUT2D eigenvalue weighted by atomic mass is 10.3. The predicted octanol–water partition coefficient (Wildman–Crippen LogP) is 3.55. The SMILES string of the molecule is Cc1nc2ccccc2nc1Sc1nc(C)c(C(=O)O)s1. The Labute approximate surface area is 129 Å². The molecular weight excluding hydrogens is 306 g/mol. The standard InChI is InChI=1S/C14H11N3O2S2/c1-7-11(13(18)19)20-14(16-7)21-12-8(2)15-9-5-3-4-6-10(9)17-12/h3-6H,1-2H3,(H,18,19). The summed E-state index contributed by atoms with van der Waals surface area (Å²) < 4.78 is 0.664. The number of rotatable bonds is 3. The van der Waals surface area contributed by atoms with Gasteiger partial charge in [0.1, 0.15) is 9.90 Å². The Balaban J connectivity index is 1.99. The molecule has 21 heavy (non-hydrogen) atoms. The monoisotopic (exact) mass is 317 g/mol. The van der Waals surface area contributed by atoms with Crippen LogP contribution in [0.1, 0.15) is 21.1 Å². The third kappa shape index (κ3) is 2.74. The molecule has 1 N–H and O–H groups in total. The van der Waals surface area contributed by atoms with Gasteiger partial charge in [-0.05, 0) is 37.7 Å². The summed E-state index contributed by atoms with van der Waals surface area (Å²) in [5.74, 6) is -0.946. The van der Waals surface area contributed by atoms with Crippen LogP contribution in [0.15, 0.2) is 33.6 Å². The molecule has 106 valence electrons. The normalized spacial score (nSPS) is 11.0. The maximum absolute atomic E-state index is 11.1. The molecule has 0 atom stereocenters. The van der Waals surface area contributed by atoms with Crippen molar-refractivity contribution in [3.05, 3.63) is 40.5 Å². The van der Waals surface area contributed by atoms with Gasteiger partial charge in [-0.3, -0.25) is 0 Å². The minimum atomic E-state index is -0.946. The minimum absolute atomic E-state index is 0.268. The Morgan fingerprint density at radius 2 is 1.76 bits per heavy atom. The number of benzene rings is 1. The van der Waals surface area contributed by atoms with Crippen molar-refractivity contribution in [1.82, 2.24) is 15.0 Å². The van der Waals surface area contributed by atoms with Crippen molar-refractivity contribution in [2.24, 2.45) is 0 Å². The van der Waals surface area contributed by atoms with E-state index in [4.69, 9.17) is 5.11 Å². The number of hydrogen-bond donors (Lipinski definition) is 1. The van der Waals surface area contributed by atoms with Crippen molar-refractivity contribution < 1.29 is 9.90 Å². The summed E-state index contributed by atoms with van der Waals surface area (Å²) in [4.78, 5) is 24.7. The summed E-state index contributed by atoms with van der Waals surface area (Å²) in [6.07, 6.45) is 0. The number of thiazole rings is 1. The number of carboxylic acids is 1. The molecule has 0 spiro atoms. The van der Waals surface area contributed by atoms with Gasteiger partial charge >= 0.3 is 5.97 Å². The van der Waals surface area contributed by atoms with Gasteiger partial charge in [-0.1, -0.05) is 23.5 Å². The Hall–Kier alpha value is -1.99. The number of carboxylic acid groups (broad SMARTS) is 1. The molecule has 7 heteroatoms. The average Bonchev–Trinajstić information content (AvgIpc) is 2.81. The Bertz CT molecular complexity index is 845. The fourth-order valence-electron chi connectivity index (χ4n) is 1.87. The molecule has 0 saturated carbocycles. The summed E-state index contributed by atoms with van der Waals surface area (Å²) in [7, 11) is 0. The molecule has 0 fully saturated rings. The average molecular weight is 317 g/mol. The molecule has 3 rings (SSSR count). The summed E-state index contributed by atoms with van der Waals surface area (Å²) in [6, 6.07) is 7.66. The lowest BCUT2D eigenvalue weighted by Crippen LogP contribution is -1.94. The highest BCUT2D eigenvalue weighted by atomic mass is 32.2. The molecule has 2 heterocycles. The van der Waals surface area contributed by atoms with E-state index in [-0.39, 0.29) is 4.88 Å². The van der Waals surface area contributed by atoms with Crippen molar-refractivity contribution in [1.29, 1.82) is 0 Å². The second-order valence-electron chi connectivity index (χ2n) is 4.40. The molecule has 1 aromatic carbocycles. The van der Waals surface area contributed by atoms with Gasteiger partial charge in [0.15, 0.2) is 4.34 Å². The van der Waals surface area contributed by atoms with E-state index in [1.54, 1.807) is 6.92 Å². The largest absolute Gasteiger partial charge is 0.477 e. The second kappa shape index (κ2) is 5.42. The molecule has 0 aliphatic heterocycles. The third-order valence-electron chi connectivity index (χ3n) is 2.86. The Morgan fingerprint density at radius 3 is 2.38 bits per heavy atom. The van der Waals surface area contributed by atoms with Crippen LogP contribution in [0.2, 0.25) is 0 Å². The number of carbonyl (C=O) groups is 1. The number of aromatic carboxylic acids is 1. The fraction of sp³-hybridized carbons (Fsp3) is 0.143. The maximum atomic E-state index is 11.1. The van der Waals surface area contributed by atoms with E-state index in [2.05, 4.69) is 15.0 Å². The zero-order chi connectivity index (χ0) is 15.0. The highest BCUT2D eigenvalue weighted by molar-refractivity contribution is 8.01. The molecule has 3 aromatic rings. The van der Waals surface area contributed by atoms with Crippen LogP contribution >= 0.6 is 23.1 Å². The van der Waals surface area contributed by atoms with Gasteiger partial charge in [-0.15, -0.1) is 0 Å². The molecule has 0 aliphatic carbocycles. The van der Waals surface area contributed by atoms with Crippen LogP contribution in [-0.2, 0) is 0 Å². The van der Waals surface area contributed by atoms with Crippen molar-refractivity contribution in [3.63, 3.8) is 0 Å². The zero-order valence-corrected chi connectivity index (χ0v) is 13.0. The lowest BCUT2D eigenvalue weighted by molar-refractivity contribution is 0.0701. The van der Waals surface area contributed by atoms with E-state index in [0.717, 1.165) is 33.1 Å². The van der Waals surface area contributed by atoms with Crippen molar-refractivity contribution >= 4 is 40.1 Å². The number of fused-ring (bicyclic) bond motifs is 1. The zero-order valence-electron chi connectivity index (χ0n) is 11.3. The Kier molecular flexibility index (Phi) is 3.60. The molecule has 0 bridgehead atoms. The first-order chi connectivity index (χ1) is 10.0. The molecule has 2 aromatic heterocycles. The molecule has 0 unspecified atom stereocenters. The Morgan fingerprint density at radius 1 is 1.10 bits per heavy atom. The van der Waals surface area contributed by atoms with Crippen molar-refractivity contribution in [2.75, 3.05) is 0 Å². The van der Waals surface area contributed by atoms with E-state index >= 15 is 0 Å². The highest BCUT2D eigenvalue weighted by Gasteiger charge is 2.16. The first kappa shape index (κ1) is 14.0. The molecule has 0 amide bonds. The number of hydrogen-bond acceptors (Lipinski definition) is 6. The smallest absolute Gasteiger partial charge is 0.347 e. The molecule has 0 aliphatic rings. The first-order valence-corrected chi connectivity index (χ1v) is 7.80. The summed E-state index contributed by atoms with van der Waals surface area (Å²) >= 11 is 2.51. The van der Waals surface area contributed by atoms with E-state index in [1.165, 1.54) is 11.8 Å². The van der Waals surface area contributed by atoms with Crippen LogP contribution in [0, 0.1) is 13.8 Å². The fourth-order valence-corrected chi connectivity index (χ4v) is 3.84. The van der Waals surface area contributed by atoms with Gasteiger partial charge in [0.2, 0.25) is 0 Å². The maximum Gasteiger partial charge on any atom is 0.347 e. The molecule has 0 saturated heterocycles. The molecule has 5 nitrogen and oxygen atoms in total. The minimum Gasteiger partial charge on any atom is -0.477 e. The summed E-state index contributed by atoms with van der Waals surface area (Å²) in [6.45, 7) is 3.59. The predicted molar refractivity (Wildman–Crippen MR) is 82.2 cm³/mol. The van der Waals surface area contributed by atoms with Crippen LogP contribution < -0.4 is 0 Å². The molecule has 0 radical (unpaired) electrons. The number of aromatic nitrogens is 3. The van der Waals surface area contributed by atoms with Crippen LogP contribution in [0.5, 0.6) is 0 Å². The number of aryl methyl sites for hydroxylation is 2. The molecular formula is C14H11N3O2S2. The number of nitrogens with zero attached hydrogens (tertiary/aromatic N) is 3. The lowest BCUT2D eigenvalue weighted by Gasteiger charge is -2.04. The van der Waals surface area contributed by atoms with Gasteiger partial charge in [0, 0.05) is 0 Å². The van der Waals surface area contributed by atoms with Crippen molar-refractivity contribution in [2.45, 2.75) is 23.2 Å².